The van der Waals surface area contributed by atoms with E-state index in [9.17, 15) is 19.8 Å². The molecule has 0 aliphatic rings. The molecule has 0 aromatic carbocycles. The molecular formula is C75H145NO5. The summed E-state index contributed by atoms with van der Waals surface area (Å²) < 4.78 is 5.51. The second kappa shape index (κ2) is 70.8. The molecule has 1 amide bonds. The maximum atomic E-state index is 12.5. The van der Waals surface area contributed by atoms with Gasteiger partial charge in [-0.2, -0.15) is 0 Å². The van der Waals surface area contributed by atoms with Crippen LogP contribution in [0.25, 0.3) is 0 Å². The fraction of sp³-hybridized carbons (Fsp3) is 0.920. The van der Waals surface area contributed by atoms with Crippen molar-refractivity contribution in [3.63, 3.8) is 0 Å². The molecule has 6 nitrogen and oxygen atoms in total. The number of carbonyl (C=O) groups is 2. The summed E-state index contributed by atoms with van der Waals surface area (Å²) in [6, 6.07) is -0.629. The predicted molar refractivity (Wildman–Crippen MR) is 356 cm³/mol. The molecule has 0 spiro atoms. The van der Waals surface area contributed by atoms with E-state index in [-0.39, 0.29) is 18.5 Å². The van der Waals surface area contributed by atoms with Gasteiger partial charge in [-0.05, 0) is 57.8 Å². The lowest BCUT2D eigenvalue weighted by molar-refractivity contribution is -0.143. The van der Waals surface area contributed by atoms with Crippen molar-refractivity contribution in [3.8, 4) is 0 Å². The maximum absolute atomic E-state index is 12.5. The number of aliphatic hydroxyl groups is 2. The van der Waals surface area contributed by atoms with Gasteiger partial charge in [0.15, 0.2) is 0 Å². The molecule has 81 heavy (non-hydrogen) atoms. The maximum Gasteiger partial charge on any atom is 0.305 e. The number of esters is 1. The Hall–Kier alpha value is -1.66. The van der Waals surface area contributed by atoms with Crippen molar-refractivity contribution in [1.82, 2.24) is 5.32 Å². The van der Waals surface area contributed by atoms with Crippen LogP contribution in [0.5, 0.6) is 0 Å². The second-order valence-electron chi connectivity index (χ2n) is 25.6. The highest BCUT2D eigenvalue weighted by molar-refractivity contribution is 5.76. The van der Waals surface area contributed by atoms with Gasteiger partial charge in [0, 0.05) is 12.8 Å². The molecule has 0 saturated heterocycles. The Labute approximate surface area is 507 Å². The number of nitrogens with one attached hydrogen (secondary N) is 1. The Balaban J connectivity index is 3.39. The third kappa shape index (κ3) is 67.3. The summed E-state index contributed by atoms with van der Waals surface area (Å²) in [4.78, 5) is 24.7. The first-order valence-electron chi connectivity index (χ1n) is 37.1. The van der Waals surface area contributed by atoms with E-state index in [0.717, 1.165) is 44.9 Å². The Bertz CT molecular complexity index is 1270. The van der Waals surface area contributed by atoms with Gasteiger partial charge < -0.3 is 20.3 Å². The van der Waals surface area contributed by atoms with E-state index in [0.29, 0.717) is 19.4 Å². The number of ether oxygens (including phenoxy) is 1. The number of carbonyl (C=O) groups excluding carboxylic acids is 2. The fourth-order valence-electron chi connectivity index (χ4n) is 11.8. The van der Waals surface area contributed by atoms with Crippen molar-refractivity contribution >= 4 is 11.9 Å². The van der Waals surface area contributed by atoms with Crippen molar-refractivity contribution in [2.45, 2.75) is 431 Å². The van der Waals surface area contributed by atoms with Crippen LogP contribution in [0.4, 0.5) is 0 Å². The third-order valence-electron chi connectivity index (χ3n) is 17.5. The van der Waals surface area contributed by atoms with E-state index in [1.54, 1.807) is 6.08 Å². The molecule has 0 bridgehead atoms. The highest BCUT2D eigenvalue weighted by Crippen LogP contribution is 2.19. The Morgan fingerprint density at radius 3 is 0.877 bits per heavy atom. The van der Waals surface area contributed by atoms with Gasteiger partial charge in [-0.3, -0.25) is 9.59 Å². The summed E-state index contributed by atoms with van der Waals surface area (Å²) in [5.41, 5.74) is 0. The van der Waals surface area contributed by atoms with Gasteiger partial charge in [0.05, 0.1) is 25.4 Å². The summed E-state index contributed by atoms with van der Waals surface area (Å²) in [5.74, 6) is -0.0500. The largest absolute Gasteiger partial charge is 0.466 e. The zero-order valence-corrected chi connectivity index (χ0v) is 55.0. The number of aliphatic hydroxyl groups excluding tert-OH is 2. The number of unbranched alkanes of at least 4 members (excludes halogenated alkanes) is 57. The minimum absolute atomic E-state index is 0.0134. The molecule has 0 aromatic rings. The molecule has 0 saturated carbocycles. The standard InChI is InChI=1S/C75H145NO5/c1-3-5-7-9-11-13-15-17-19-21-23-24-25-28-32-35-39-43-47-51-55-59-63-67-73(78)72(71-77)76-74(79)68-64-60-56-52-48-44-40-36-33-29-26-27-30-34-38-42-46-50-54-58-62-66-70-81-75(80)69-65-61-57-53-49-45-41-37-31-22-20-18-16-14-12-10-8-6-4-2/h18,20,63,67,72-73,77-78H,3-17,19,21-62,64-66,68-71H2,1-2H3,(H,76,79)/b20-18-,67-63+. The third-order valence-corrected chi connectivity index (χ3v) is 17.5. The molecule has 2 atom stereocenters. The van der Waals surface area contributed by atoms with Crippen LogP contribution in [-0.4, -0.2) is 47.4 Å². The smallest absolute Gasteiger partial charge is 0.305 e. The summed E-state index contributed by atoms with van der Waals surface area (Å²) in [5, 5.41) is 23.3. The van der Waals surface area contributed by atoms with Crippen LogP contribution in [-0.2, 0) is 14.3 Å². The van der Waals surface area contributed by atoms with Gasteiger partial charge in [-0.15, -0.1) is 0 Å². The van der Waals surface area contributed by atoms with Crippen LogP contribution < -0.4 is 5.32 Å². The predicted octanol–water partition coefficient (Wildman–Crippen LogP) is 24.1. The van der Waals surface area contributed by atoms with Crippen LogP contribution in [0.1, 0.15) is 418 Å². The molecule has 0 heterocycles. The molecule has 480 valence electrons. The lowest BCUT2D eigenvalue weighted by Gasteiger charge is -2.20. The van der Waals surface area contributed by atoms with E-state index in [2.05, 4.69) is 31.3 Å². The Kier molecular flexibility index (Phi) is 69.4. The first-order valence-corrected chi connectivity index (χ1v) is 37.1. The van der Waals surface area contributed by atoms with Crippen molar-refractivity contribution in [2.24, 2.45) is 0 Å². The lowest BCUT2D eigenvalue weighted by Crippen LogP contribution is -2.45. The van der Waals surface area contributed by atoms with Crippen LogP contribution in [0.3, 0.4) is 0 Å². The quantitative estimate of drug-likeness (QED) is 0.0320. The SMILES string of the molecule is CCCCCCCC/C=C\CCCCCCCCCCCC(=O)OCCCCCCCCCCCCCCCCCCCCCCCCC(=O)NC(CO)C(O)/C=C/CCCCCCCCCCCCCCCCCCCCCCC. The molecule has 0 fully saturated rings. The molecule has 0 aromatic heterocycles. The highest BCUT2D eigenvalue weighted by Gasteiger charge is 2.18. The average molecular weight is 1140 g/mol. The van der Waals surface area contributed by atoms with Gasteiger partial charge in [0.25, 0.3) is 0 Å². The summed E-state index contributed by atoms with van der Waals surface area (Å²) in [6.45, 7) is 4.94. The van der Waals surface area contributed by atoms with Crippen molar-refractivity contribution in [2.75, 3.05) is 13.2 Å². The van der Waals surface area contributed by atoms with Gasteiger partial charge in [-0.1, -0.05) is 372 Å². The van der Waals surface area contributed by atoms with Gasteiger partial charge in [0.1, 0.15) is 0 Å². The molecule has 3 N–H and O–H groups in total. The molecule has 2 unspecified atom stereocenters. The summed E-state index contributed by atoms with van der Waals surface area (Å²) in [6.07, 6.45) is 89.8. The molecule has 0 radical (unpaired) electrons. The Morgan fingerprint density at radius 2 is 0.580 bits per heavy atom. The topological polar surface area (TPSA) is 95.9 Å². The molecule has 6 heteroatoms. The van der Waals surface area contributed by atoms with E-state index < -0.39 is 12.1 Å². The van der Waals surface area contributed by atoms with E-state index in [1.807, 2.05) is 6.08 Å². The monoisotopic (exact) mass is 1140 g/mol. The minimum Gasteiger partial charge on any atom is -0.466 e. The molecule has 0 rings (SSSR count). The van der Waals surface area contributed by atoms with Crippen LogP contribution in [0.2, 0.25) is 0 Å². The average Bonchev–Trinajstić information content (AvgIpc) is 3.47. The van der Waals surface area contributed by atoms with E-state index in [1.165, 1.54) is 347 Å². The fourth-order valence-corrected chi connectivity index (χ4v) is 11.8. The molecular weight excluding hydrogens is 995 g/mol. The minimum atomic E-state index is -0.846. The highest BCUT2D eigenvalue weighted by atomic mass is 16.5. The first kappa shape index (κ1) is 79.3. The van der Waals surface area contributed by atoms with Crippen LogP contribution in [0.15, 0.2) is 24.3 Å². The van der Waals surface area contributed by atoms with Gasteiger partial charge >= 0.3 is 5.97 Å². The van der Waals surface area contributed by atoms with E-state index >= 15 is 0 Å². The van der Waals surface area contributed by atoms with Crippen LogP contribution in [0, 0.1) is 0 Å². The number of hydrogen-bond donors (Lipinski definition) is 3. The van der Waals surface area contributed by atoms with Crippen molar-refractivity contribution in [1.29, 1.82) is 0 Å². The lowest BCUT2D eigenvalue weighted by atomic mass is 10.0. The zero-order valence-electron chi connectivity index (χ0n) is 55.0. The number of rotatable bonds is 70. The molecule has 0 aliphatic carbocycles. The van der Waals surface area contributed by atoms with Crippen LogP contribution >= 0.6 is 0 Å². The van der Waals surface area contributed by atoms with Crippen molar-refractivity contribution in [3.05, 3.63) is 24.3 Å². The summed E-state index contributed by atoms with van der Waals surface area (Å²) >= 11 is 0. The van der Waals surface area contributed by atoms with Crippen molar-refractivity contribution < 1.29 is 24.5 Å². The first-order chi connectivity index (χ1) is 40.0. The summed E-state index contributed by atoms with van der Waals surface area (Å²) in [7, 11) is 0. The number of amides is 1. The van der Waals surface area contributed by atoms with Gasteiger partial charge in [-0.25, -0.2) is 0 Å². The zero-order chi connectivity index (χ0) is 58.5. The van der Waals surface area contributed by atoms with E-state index in [4.69, 9.17) is 4.74 Å². The number of hydrogen-bond acceptors (Lipinski definition) is 5. The van der Waals surface area contributed by atoms with Gasteiger partial charge in [0.2, 0.25) is 5.91 Å². The number of allylic oxidation sites excluding steroid dienone is 3. The Morgan fingerprint density at radius 1 is 0.333 bits per heavy atom. The normalized spacial score (nSPS) is 12.6. The second-order valence-corrected chi connectivity index (χ2v) is 25.6. The molecule has 0 aliphatic heterocycles.